The van der Waals surface area contributed by atoms with Crippen molar-refractivity contribution in [3.05, 3.63) is 53.8 Å². The Morgan fingerprint density at radius 3 is 2.58 bits per heavy atom. The molecule has 0 saturated carbocycles. The second-order valence-corrected chi connectivity index (χ2v) is 7.40. The lowest BCUT2D eigenvalue weighted by atomic mass is 10.1. The first-order valence-corrected chi connectivity index (χ1v) is 9.04. The number of carbonyl (C=O) groups is 1. The second kappa shape index (κ2) is 6.24. The Bertz CT molecular complexity index is 896. The summed E-state index contributed by atoms with van der Waals surface area (Å²) in [5.74, 6) is -0.539. The van der Waals surface area contributed by atoms with Gasteiger partial charge in [0.05, 0.1) is 4.90 Å². The van der Waals surface area contributed by atoms with E-state index in [-0.39, 0.29) is 10.8 Å². The molecule has 1 amide bonds. The molecular formula is C17H17FN2O3S. The van der Waals surface area contributed by atoms with Gasteiger partial charge in [-0.15, -0.1) is 0 Å². The van der Waals surface area contributed by atoms with E-state index >= 15 is 0 Å². The van der Waals surface area contributed by atoms with E-state index in [2.05, 4.69) is 4.72 Å². The van der Waals surface area contributed by atoms with Crippen molar-refractivity contribution in [1.29, 1.82) is 0 Å². The quantitative estimate of drug-likeness (QED) is 0.923. The van der Waals surface area contributed by atoms with Gasteiger partial charge in [0.1, 0.15) is 5.82 Å². The van der Waals surface area contributed by atoms with Gasteiger partial charge in [-0.05, 0) is 55.3 Å². The molecule has 2 aromatic carbocycles. The minimum Gasteiger partial charge on any atom is -0.312 e. The van der Waals surface area contributed by atoms with Crippen LogP contribution in [-0.4, -0.2) is 20.9 Å². The highest BCUT2D eigenvalue weighted by Gasteiger charge is 2.23. The van der Waals surface area contributed by atoms with Gasteiger partial charge < -0.3 is 4.90 Å². The van der Waals surface area contributed by atoms with Gasteiger partial charge in [0.25, 0.3) is 10.0 Å². The molecule has 1 fully saturated rings. The third kappa shape index (κ3) is 3.26. The van der Waals surface area contributed by atoms with Gasteiger partial charge in [0.15, 0.2) is 0 Å². The van der Waals surface area contributed by atoms with Gasteiger partial charge in [-0.1, -0.05) is 6.07 Å². The molecule has 0 aromatic heterocycles. The summed E-state index contributed by atoms with van der Waals surface area (Å²) in [5, 5.41) is 0. The summed E-state index contributed by atoms with van der Waals surface area (Å²) >= 11 is 0. The Labute approximate surface area is 140 Å². The third-order valence-electron chi connectivity index (χ3n) is 3.92. The van der Waals surface area contributed by atoms with Crippen LogP contribution in [0.2, 0.25) is 0 Å². The maximum absolute atomic E-state index is 13.2. The smallest absolute Gasteiger partial charge is 0.261 e. The van der Waals surface area contributed by atoms with Crippen molar-refractivity contribution in [2.45, 2.75) is 24.7 Å². The highest BCUT2D eigenvalue weighted by molar-refractivity contribution is 7.92. The highest BCUT2D eigenvalue weighted by Crippen LogP contribution is 2.28. The van der Waals surface area contributed by atoms with Crippen molar-refractivity contribution in [1.82, 2.24) is 0 Å². The summed E-state index contributed by atoms with van der Waals surface area (Å²) in [4.78, 5) is 13.4. The Morgan fingerprint density at radius 1 is 1.17 bits per heavy atom. The van der Waals surface area contributed by atoms with Crippen LogP contribution in [0.3, 0.4) is 0 Å². The molecule has 0 radical (unpaired) electrons. The van der Waals surface area contributed by atoms with Crippen LogP contribution in [0.15, 0.2) is 47.4 Å². The van der Waals surface area contributed by atoms with Crippen molar-refractivity contribution in [2.24, 2.45) is 0 Å². The zero-order chi connectivity index (χ0) is 17.3. The van der Waals surface area contributed by atoms with E-state index in [0.717, 1.165) is 23.7 Å². The molecule has 0 bridgehead atoms. The lowest BCUT2D eigenvalue weighted by Gasteiger charge is -2.19. The van der Waals surface area contributed by atoms with Crippen LogP contribution < -0.4 is 9.62 Å². The Kier molecular flexibility index (Phi) is 4.28. The number of hydrogen-bond donors (Lipinski definition) is 1. The van der Waals surface area contributed by atoms with Crippen molar-refractivity contribution in [3.8, 4) is 0 Å². The van der Waals surface area contributed by atoms with E-state index in [9.17, 15) is 17.6 Å². The van der Waals surface area contributed by atoms with Crippen LogP contribution in [0.25, 0.3) is 0 Å². The average Bonchev–Trinajstić information content (AvgIpc) is 2.93. The SMILES string of the molecule is Cc1cc(NS(=O)(=O)c2cccc(F)c2)ccc1N1CCCC1=O. The molecular weight excluding hydrogens is 331 g/mol. The molecule has 1 N–H and O–H groups in total. The molecule has 126 valence electrons. The number of halogens is 1. The lowest BCUT2D eigenvalue weighted by Crippen LogP contribution is -2.24. The first-order chi connectivity index (χ1) is 11.4. The summed E-state index contributed by atoms with van der Waals surface area (Å²) in [5.41, 5.74) is 1.95. The largest absolute Gasteiger partial charge is 0.312 e. The predicted octanol–water partition coefficient (Wildman–Crippen LogP) is 3.06. The van der Waals surface area contributed by atoms with Crippen LogP contribution >= 0.6 is 0 Å². The highest BCUT2D eigenvalue weighted by atomic mass is 32.2. The Balaban J connectivity index is 1.86. The van der Waals surface area contributed by atoms with Crippen molar-refractivity contribution < 1.29 is 17.6 Å². The summed E-state index contributed by atoms with van der Waals surface area (Å²) in [7, 11) is -3.87. The van der Waals surface area contributed by atoms with E-state index in [4.69, 9.17) is 0 Å². The third-order valence-corrected chi connectivity index (χ3v) is 5.30. The van der Waals surface area contributed by atoms with Gasteiger partial charge in [-0.2, -0.15) is 0 Å². The van der Waals surface area contributed by atoms with Crippen molar-refractivity contribution in [2.75, 3.05) is 16.2 Å². The Hall–Kier alpha value is -2.41. The summed E-state index contributed by atoms with van der Waals surface area (Å²) < 4.78 is 40.3. The van der Waals surface area contributed by atoms with E-state index < -0.39 is 15.8 Å². The summed E-state index contributed by atoms with van der Waals surface area (Å²) in [6.07, 6.45) is 1.36. The number of aryl methyl sites for hydroxylation is 1. The normalized spacial score (nSPS) is 14.9. The molecule has 1 saturated heterocycles. The maximum atomic E-state index is 13.2. The zero-order valence-electron chi connectivity index (χ0n) is 13.1. The number of amides is 1. The molecule has 0 atom stereocenters. The molecule has 3 rings (SSSR count). The molecule has 1 aliphatic rings. The van der Waals surface area contributed by atoms with Crippen LogP contribution in [0.1, 0.15) is 18.4 Å². The number of benzene rings is 2. The maximum Gasteiger partial charge on any atom is 0.261 e. The van der Waals surface area contributed by atoms with E-state index in [1.165, 1.54) is 18.2 Å². The van der Waals surface area contributed by atoms with Gasteiger partial charge in [0, 0.05) is 24.3 Å². The summed E-state index contributed by atoms with van der Waals surface area (Å²) in [6.45, 7) is 2.49. The second-order valence-electron chi connectivity index (χ2n) is 5.71. The van der Waals surface area contributed by atoms with Crippen LogP contribution in [-0.2, 0) is 14.8 Å². The predicted molar refractivity (Wildman–Crippen MR) is 90.0 cm³/mol. The first kappa shape index (κ1) is 16.4. The average molecular weight is 348 g/mol. The molecule has 2 aromatic rings. The molecule has 1 aliphatic heterocycles. The molecule has 1 heterocycles. The number of rotatable bonds is 4. The van der Waals surface area contributed by atoms with Gasteiger partial charge >= 0.3 is 0 Å². The lowest BCUT2D eigenvalue weighted by molar-refractivity contribution is -0.117. The van der Waals surface area contributed by atoms with E-state index in [1.54, 1.807) is 23.1 Å². The molecule has 5 nitrogen and oxygen atoms in total. The summed E-state index contributed by atoms with van der Waals surface area (Å²) in [6, 6.07) is 9.81. The number of sulfonamides is 1. The monoisotopic (exact) mass is 348 g/mol. The van der Waals surface area contributed by atoms with E-state index in [1.807, 2.05) is 6.92 Å². The number of anilines is 2. The Morgan fingerprint density at radius 2 is 1.96 bits per heavy atom. The van der Waals surface area contributed by atoms with Crippen LogP contribution in [0, 0.1) is 12.7 Å². The number of nitrogens with one attached hydrogen (secondary N) is 1. The molecule has 0 unspecified atom stereocenters. The van der Waals surface area contributed by atoms with Crippen molar-refractivity contribution >= 4 is 27.3 Å². The molecule has 7 heteroatoms. The molecule has 0 spiro atoms. The van der Waals surface area contributed by atoms with Gasteiger partial charge in [-0.25, -0.2) is 12.8 Å². The van der Waals surface area contributed by atoms with E-state index in [0.29, 0.717) is 18.7 Å². The topological polar surface area (TPSA) is 66.5 Å². The zero-order valence-corrected chi connectivity index (χ0v) is 13.9. The molecule has 24 heavy (non-hydrogen) atoms. The fraction of sp³-hybridized carbons (Fsp3) is 0.235. The van der Waals surface area contributed by atoms with Gasteiger partial charge in [-0.3, -0.25) is 9.52 Å². The van der Waals surface area contributed by atoms with Crippen LogP contribution in [0.4, 0.5) is 15.8 Å². The standard InChI is InChI=1S/C17H17FN2O3S/c1-12-10-14(7-8-16(12)20-9-3-6-17(20)21)19-24(22,23)15-5-2-4-13(18)11-15/h2,4-5,7-8,10-11,19H,3,6,9H2,1H3. The minimum atomic E-state index is -3.87. The minimum absolute atomic E-state index is 0.0752. The van der Waals surface area contributed by atoms with Crippen molar-refractivity contribution in [3.63, 3.8) is 0 Å². The fourth-order valence-electron chi connectivity index (χ4n) is 2.77. The van der Waals surface area contributed by atoms with Crippen LogP contribution in [0.5, 0.6) is 0 Å². The number of carbonyl (C=O) groups excluding carboxylic acids is 1. The first-order valence-electron chi connectivity index (χ1n) is 7.56. The number of nitrogens with zero attached hydrogens (tertiary/aromatic N) is 1. The number of hydrogen-bond acceptors (Lipinski definition) is 3. The molecule has 0 aliphatic carbocycles. The van der Waals surface area contributed by atoms with Gasteiger partial charge in [0.2, 0.25) is 5.91 Å². The fourth-order valence-corrected chi connectivity index (χ4v) is 3.85.